The van der Waals surface area contributed by atoms with E-state index in [9.17, 15) is 4.79 Å². The van der Waals surface area contributed by atoms with Gasteiger partial charge in [-0.3, -0.25) is 10.1 Å². The summed E-state index contributed by atoms with van der Waals surface area (Å²) in [6.45, 7) is 0. The summed E-state index contributed by atoms with van der Waals surface area (Å²) in [5, 5.41) is 14.1. The number of amides is 1. The van der Waals surface area contributed by atoms with Crippen molar-refractivity contribution in [2.24, 2.45) is 0 Å². The molecule has 1 amide bonds. The van der Waals surface area contributed by atoms with Gasteiger partial charge in [-0.1, -0.05) is 54.6 Å². The first-order valence-corrected chi connectivity index (χ1v) is 9.54. The first kappa shape index (κ1) is 17.7. The van der Waals surface area contributed by atoms with E-state index in [1.165, 1.54) is 16.9 Å². The number of hydrogen-bond acceptors (Lipinski definition) is 4. The minimum atomic E-state index is -0.246. The molecule has 1 N–H and O–H groups in total. The van der Waals surface area contributed by atoms with Gasteiger partial charge in [0.25, 0.3) is 5.91 Å². The molecule has 1 heterocycles. The zero-order chi connectivity index (χ0) is 19.3. The predicted octanol–water partition coefficient (Wildman–Crippen LogP) is 5.60. The lowest BCUT2D eigenvalue weighted by molar-refractivity contribution is 0.102. The van der Waals surface area contributed by atoms with E-state index in [1.807, 2.05) is 41.8 Å². The molecule has 1 aromatic heterocycles. The Morgan fingerprint density at radius 2 is 1.50 bits per heavy atom. The van der Waals surface area contributed by atoms with E-state index in [-0.39, 0.29) is 5.91 Å². The molecule has 4 rings (SSSR count). The summed E-state index contributed by atoms with van der Waals surface area (Å²) >= 11 is 1.38. The van der Waals surface area contributed by atoms with Crippen LogP contribution >= 0.6 is 11.3 Å². The topological polar surface area (TPSA) is 65.8 Å². The summed E-state index contributed by atoms with van der Waals surface area (Å²) in [6.07, 6.45) is 0. The van der Waals surface area contributed by atoms with E-state index in [0.29, 0.717) is 16.3 Å². The molecule has 0 atom stereocenters. The van der Waals surface area contributed by atoms with Crippen molar-refractivity contribution in [3.63, 3.8) is 0 Å². The zero-order valence-electron chi connectivity index (χ0n) is 14.8. The summed E-state index contributed by atoms with van der Waals surface area (Å²) in [5.74, 6) is -0.246. The Hall–Kier alpha value is -3.75. The number of nitriles is 1. The molecule has 4 aromatic rings. The zero-order valence-corrected chi connectivity index (χ0v) is 15.6. The number of nitrogens with one attached hydrogen (secondary N) is 1. The fourth-order valence-electron chi connectivity index (χ4n) is 2.79. The van der Waals surface area contributed by atoms with Crippen molar-refractivity contribution >= 4 is 22.4 Å². The maximum absolute atomic E-state index is 12.3. The third-order valence-corrected chi connectivity index (χ3v) is 5.05. The van der Waals surface area contributed by atoms with E-state index in [4.69, 9.17) is 5.26 Å². The number of rotatable bonds is 4. The SMILES string of the molecule is N#Cc1ccc(C(=O)Nc2nc(-c3ccc(-c4ccccc4)cc3)cs2)cc1. The first-order valence-electron chi connectivity index (χ1n) is 8.66. The maximum Gasteiger partial charge on any atom is 0.257 e. The van der Waals surface area contributed by atoms with Crippen LogP contribution in [0.1, 0.15) is 15.9 Å². The minimum absolute atomic E-state index is 0.246. The molecule has 28 heavy (non-hydrogen) atoms. The van der Waals surface area contributed by atoms with Gasteiger partial charge >= 0.3 is 0 Å². The molecule has 0 radical (unpaired) electrons. The average molecular weight is 381 g/mol. The molecule has 0 fully saturated rings. The second-order valence-corrected chi connectivity index (χ2v) is 6.98. The summed E-state index contributed by atoms with van der Waals surface area (Å²) < 4.78 is 0. The summed E-state index contributed by atoms with van der Waals surface area (Å²) in [7, 11) is 0. The highest BCUT2D eigenvalue weighted by Gasteiger charge is 2.10. The Labute approximate surface area is 166 Å². The Balaban J connectivity index is 1.48. The molecule has 4 nitrogen and oxygen atoms in total. The lowest BCUT2D eigenvalue weighted by atomic mass is 10.0. The number of thiazole rings is 1. The van der Waals surface area contributed by atoms with Crippen LogP contribution in [0.2, 0.25) is 0 Å². The number of anilines is 1. The van der Waals surface area contributed by atoms with Crippen LogP contribution in [0.25, 0.3) is 22.4 Å². The van der Waals surface area contributed by atoms with Crippen LogP contribution in [0.4, 0.5) is 5.13 Å². The molecule has 3 aromatic carbocycles. The summed E-state index contributed by atoms with van der Waals surface area (Å²) in [6, 6.07) is 26.9. The van der Waals surface area contributed by atoms with Crippen molar-refractivity contribution in [1.82, 2.24) is 4.98 Å². The van der Waals surface area contributed by atoms with Crippen LogP contribution in [0.5, 0.6) is 0 Å². The second kappa shape index (κ2) is 7.87. The molecule has 0 spiro atoms. The van der Waals surface area contributed by atoms with Crippen LogP contribution in [-0.4, -0.2) is 10.9 Å². The van der Waals surface area contributed by atoms with E-state index < -0.39 is 0 Å². The van der Waals surface area contributed by atoms with E-state index >= 15 is 0 Å². The number of nitrogens with zero attached hydrogens (tertiary/aromatic N) is 2. The maximum atomic E-state index is 12.3. The molecule has 0 bridgehead atoms. The fourth-order valence-corrected chi connectivity index (χ4v) is 3.51. The molecule has 0 aliphatic rings. The van der Waals surface area contributed by atoms with E-state index in [0.717, 1.165) is 16.8 Å². The van der Waals surface area contributed by atoms with Gasteiger partial charge in [0.05, 0.1) is 17.3 Å². The number of carbonyl (C=O) groups excluding carboxylic acids is 1. The first-order chi connectivity index (χ1) is 13.7. The smallest absolute Gasteiger partial charge is 0.257 e. The van der Waals surface area contributed by atoms with Gasteiger partial charge in [-0.15, -0.1) is 11.3 Å². The quantitative estimate of drug-likeness (QED) is 0.500. The molecule has 0 aliphatic heterocycles. The fraction of sp³-hybridized carbons (Fsp3) is 0. The Morgan fingerprint density at radius 3 is 2.18 bits per heavy atom. The highest BCUT2D eigenvalue weighted by molar-refractivity contribution is 7.14. The normalized spacial score (nSPS) is 10.2. The average Bonchev–Trinajstić information content (AvgIpc) is 3.23. The van der Waals surface area contributed by atoms with Gasteiger partial charge in [-0.2, -0.15) is 5.26 Å². The largest absolute Gasteiger partial charge is 0.298 e. The second-order valence-electron chi connectivity index (χ2n) is 6.12. The molecule has 0 unspecified atom stereocenters. The van der Waals surface area contributed by atoms with Gasteiger partial charge in [0, 0.05) is 16.5 Å². The lowest BCUT2D eigenvalue weighted by Gasteiger charge is -2.03. The molecule has 5 heteroatoms. The molecule has 0 saturated carbocycles. The van der Waals surface area contributed by atoms with Crippen LogP contribution < -0.4 is 5.32 Å². The van der Waals surface area contributed by atoms with Gasteiger partial charge in [0.2, 0.25) is 0 Å². The lowest BCUT2D eigenvalue weighted by Crippen LogP contribution is -2.11. The van der Waals surface area contributed by atoms with Gasteiger partial charge in [-0.05, 0) is 35.4 Å². The summed E-state index contributed by atoms with van der Waals surface area (Å²) in [5.41, 5.74) is 5.14. The van der Waals surface area contributed by atoms with E-state index in [1.54, 1.807) is 24.3 Å². The molecule has 134 valence electrons. The van der Waals surface area contributed by atoms with Crippen LogP contribution in [-0.2, 0) is 0 Å². The summed E-state index contributed by atoms with van der Waals surface area (Å²) in [4.78, 5) is 16.9. The number of carbonyl (C=O) groups is 1. The molecular formula is C23H15N3OS. The van der Waals surface area contributed by atoms with Crippen molar-refractivity contribution in [3.8, 4) is 28.5 Å². The third-order valence-electron chi connectivity index (χ3n) is 4.29. The van der Waals surface area contributed by atoms with Crippen molar-refractivity contribution in [3.05, 3.63) is 95.4 Å². The van der Waals surface area contributed by atoms with Crippen molar-refractivity contribution in [1.29, 1.82) is 5.26 Å². The Bertz CT molecular complexity index is 1140. The van der Waals surface area contributed by atoms with Gasteiger partial charge in [-0.25, -0.2) is 4.98 Å². The number of hydrogen-bond donors (Lipinski definition) is 1. The van der Waals surface area contributed by atoms with Crippen LogP contribution in [0.3, 0.4) is 0 Å². The Kier molecular flexibility index (Phi) is 4.96. The van der Waals surface area contributed by atoms with Crippen LogP contribution in [0.15, 0.2) is 84.2 Å². The Morgan fingerprint density at radius 1 is 0.857 bits per heavy atom. The predicted molar refractivity (Wildman–Crippen MR) is 112 cm³/mol. The van der Waals surface area contributed by atoms with E-state index in [2.05, 4.69) is 34.6 Å². The number of benzene rings is 3. The molecular weight excluding hydrogens is 366 g/mol. The van der Waals surface area contributed by atoms with Crippen molar-refractivity contribution in [2.75, 3.05) is 5.32 Å². The highest BCUT2D eigenvalue weighted by atomic mass is 32.1. The standard InChI is InChI=1S/C23H15N3OS/c24-14-16-6-8-20(9-7-16)22(27)26-23-25-21(15-28-23)19-12-10-18(11-13-19)17-4-2-1-3-5-17/h1-13,15H,(H,25,26,27). The number of aromatic nitrogens is 1. The molecule has 0 aliphatic carbocycles. The third kappa shape index (κ3) is 3.83. The van der Waals surface area contributed by atoms with Gasteiger partial charge in [0.15, 0.2) is 5.13 Å². The minimum Gasteiger partial charge on any atom is -0.298 e. The van der Waals surface area contributed by atoms with Crippen molar-refractivity contribution in [2.45, 2.75) is 0 Å². The van der Waals surface area contributed by atoms with Crippen molar-refractivity contribution < 1.29 is 4.79 Å². The van der Waals surface area contributed by atoms with Gasteiger partial charge < -0.3 is 0 Å². The molecule has 0 saturated heterocycles. The monoisotopic (exact) mass is 381 g/mol. The highest BCUT2D eigenvalue weighted by Crippen LogP contribution is 2.27. The van der Waals surface area contributed by atoms with Crippen LogP contribution in [0, 0.1) is 11.3 Å². The van der Waals surface area contributed by atoms with Gasteiger partial charge in [0.1, 0.15) is 0 Å².